The lowest BCUT2D eigenvalue weighted by atomic mass is 9.76. The van der Waals surface area contributed by atoms with E-state index in [2.05, 4.69) is 140 Å². The van der Waals surface area contributed by atoms with Gasteiger partial charge in [0.2, 0.25) is 0 Å². The van der Waals surface area contributed by atoms with E-state index in [0.29, 0.717) is 23.4 Å². The second kappa shape index (κ2) is 40.5. The van der Waals surface area contributed by atoms with Gasteiger partial charge in [0, 0.05) is 88.7 Å². The topological polar surface area (TPSA) is 128 Å². The summed E-state index contributed by atoms with van der Waals surface area (Å²) in [7, 11) is 4.50. The first-order chi connectivity index (χ1) is 50.1. The second-order valence-electron chi connectivity index (χ2n) is 36.7. The number of piperidine rings is 2. The third-order valence-corrected chi connectivity index (χ3v) is 27.5. The molecule has 596 valence electrons. The van der Waals surface area contributed by atoms with E-state index in [1.54, 1.807) is 0 Å². The minimum Gasteiger partial charge on any atom is -0.381 e. The number of likely N-dealkylation sites (tertiary alicyclic amines) is 5. The van der Waals surface area contributed by atoms with Crippen LogP contribution < -0.4 is 0 Å². The molecule has 14 atom stereocenters. The minimum atomic E-state index is 0.0906. The molecule has 0 N–H and O–H groups in total. The third-order valence-electron chi connectivity index (χ3n) is 27.5. The van der Waals surface area contributed by atoms with Crippen LogP contribution >= 0.6 is 0 Å². The lowest BCUT2D eigenvalue weighted by Crippen LogP contribution is -2.46. The van der Waals surface area contributed by atoms with Crippen molar-refractivity contribution in [1.29, 1.82) is 0 Å². The molecule has 15 fully saturated rings. The molecule has 15 heterocycles. The Morgan fingerprint density at radius 3 is 1.08 bits per heavy atom. The van der Waals surface area contributed by atoms with E-state index >= 15 is 0 Å². The molecular weight excluding hydrogens is 1300 g/mol. The van der Waals surface area contributed by atoms with Crippen molar-refractivity contribution in [2.24, 2.45) is 47.3 Å². The van der Waals surface area contributed by atoms with Crippen LogP contribution in [0.2, 0.25) is 0 Å². The molecule has 15 aliphatic heterocycles. The number of epoxide rings is 6. The molecule has 6 spiro atoms. The first-order valence-corrected chi connectivity index (χ1v) is 43.1. The minimum absolute atomic E-state index is 0.0906. The quantitative estimate of drug-likeness (QED) is 0.0635. The summed E-state index contributed by atoms with van der Waals surface area (Å²) >= 11 is 0. The van der Waals surface area contributed by atoms with Gasteiger partial charge in [-0.05, 0) is 292 Å². The van der Waals surface area contributed by atoms with Crippen molar-refractivity contribution < 1.29 is 47.4 Å². The Bertz CT molecular complexity index is 2710. The number of ether oxygens (including phenoxy) is 10. The fourth-order valence-corrected chi connectivity index (χ4v) is 19.5. The molecule has 104 heavy (non-hydrogen) atoms. The monoisotopic (exact) mass is 1450 g/mol. The van der Waals surface area contributed by atoms with E-state index in [1.807, 2.05) is 0 Å². The summed E-state index contributed by atoms with van der Waals surface area (Å²) in [5.74, 6) is 5.81. The Hall–Kier alpha value is -1.90. The van der Waals surface area contributed by atoms with Crippen molar-refractivity contribution in [3.8, 4) is 0 Å². The highest BCUT2D eigenvalue weighted by Crippen LogP contribution is 2.51. The largest absolute Gasteiger partial charge is 0.381 e. The van der Waals surface area contributed by atoms with Crippen molar-refractivity contribution in [3.63, 3.8) is 0 Å². The average Bonchev–Trinajstić information content (AvgIpc) is 1.61. The molecule has 0 aliphatic carbocycles. The molecule has 0 saturated carbocycles. The predicted octanol–water partition coefficient (Wildman–Crippen LogP) is 16.4. The number of hydrogen-bond acceptors (Lipinski definition) is 15. The molecule has 0 aromatic carbocycles. The van der Waals surface area contributed by atoms with E-state index < -0.39 is 0 Å². The van der Waals surface area contributed by atoms with Gasteiger partial charge in [-0.25, -0.2) is 0 Å². The number of nitrogens with zero attached hydrogens (tertiary/aromatic N) is 5. The lowest BCUT2D eigenvalue weighted by molar-refractivity contribution is -0.0239. The normalized spacial score (nSPS) is 35.5. The molecule has 0 aromatic rings. The van der Waals surface area contributed by atoms with Gasteiger partial charge in [-0.15, -0.1) is 0 Å². The van der Waals surface area contributed by atoms with Crippen molar-refractivity contribution in [2.45, 2.75) is 271 Å². The molecule has 15 aliphatic rings. The van der Waals surface area contributed by atoms with Gasteiger partial charge in [-0.3, -0.25) is 0 Å². The van der Waals surface area contributed by atoms with Crippen molar-refractivity contribution in [2.75, 3.05) is 192 Å². The fourth-order valence-electron chi connectivity index (χ4n) is 19.5. The molecule has 0 radical (unpaired) electrons. The number of allylic oxidation sites excluding steroid dienone is 8. The van der Waals surface area contributed by atoms with Crippen LogP contribution in [0.4, 0.5) is 0 Å². The van der Waals surface area contributed by atoms with Crippen LogP contribution in [0.5, 0.6) is 0 Å². The smallest absolute Gasteiger partial charge is 0.117 e. The summed E-state index contributed by atoms with van der Waals surface area (Å²) < 4.78 is 56.9. The van der Waals surface area contributed by atoms with Crippen LogP contribution in [-0.4, -0.2) is 250 Å². The van der Waals surface area contributed by atoms with E-state index in [1.165, 1.54) is 240 Å². The van der Waals surface area contributed by atoms with Crippen LogP contribution in [0.1, 0.15) is 237 Å². The van der Waals surface area contributed by atoms with Crippen LogP contribution in [0.3, 0.4) is 0 Å². The molecule has 15 heteroatoms. The molecule has 0 aromatic heterocycles. The molecule has 0 bridgehead atoms. The molecule has 15 rings (SSSR count). The molecule has 4 unspecified atom stereocenters. The summed E-state index contributed by atoms with van der Waals surface area (Å²) in [5, 5.41) is 0. The van der Waals surface area contributed by atoms with Crippen LogP contribution in [0, 0.1) is 47.3 Å². The summed E-state index contributed by atoms with van der Waals surface area (Å²) in [6, 6.07) is 0. The first-order valence-electron chi connectivity index (χ1n) is 43.1. The van der Waals surface area contributed by atoms with E-state index in [-0.39, 0.29) is 28.0 Å². The number of rotatable bonds is 25. The zero-order valence-corrected chi connectivity index (χ0v) is 69.2. The molecular formula is C89H155N5O10. The Morgan fingerprint density at radius 1 is 0.375 bits per heavy atom. The second-order valence-corrected chi connectivity index (χ2v) is 36.7. The van der Waals surface area contributed by atoms with E-state index in [9.17, 15) is 0 Å². The summed E-state index contributed by atoms with van der Waals surface area (Å²) in [6.07, 6.45) is 37.4. The van der Waals surface area contributed by atoms with Crippen molar-refractivity contribution >= 4 is 0 Å². The van der Waals surface area contributed by atoms with Gasteiger partial charge in [0.15, 0.2) is 0 Å². The lowest BCUT2D eigenvalue weighted by Gasteiger charge is -2.38. The summed E-state index contributed by atoms with van der Waals surface area (Å²) in [4.78, 5) is 12.8. The van der Waals surface area contributed by atoms with Crippen LogP contribution in [0.25, 0.3) is 0 Å². The SMILES string of the molecule is C/C(CCCN1CCCC1)=C1/COCC[C@]12CO2.CC(C)=CCC/C(C)=C1\COCC[C@]12CO2.CC(C)=CCCC(C)[C@H]1CN(C)CC[C@]12CO2.CC(C)=CCCC(C)[C@H]1COCC[C@]12CO2.CC(CCCN1CCCC1)[C@H]1CN(C)CC[C@]12CO2.CC(CCCN1CCCC1)[C@H]1COCC[C@]12CO2. The molecule has 15 saturated heterocycles. The Balaban J connectivity index is 0.000000134. The fraction of sp³-hybridized carbons (Fsp3) is 0.888. The van der Waals surface area contributed by atoms with Gasteiger partial charge in [0.1, 0.15) is 11.2 Å². The Morgan fingerprint density at radius 2 is 0.702 bits per heavy atom. The standard InChI is InChI=1S/C16H30N2O.C15H27NO2.C15H25NO2.C15H27NO.C14H24O2.C14H22O2/c1-14(6-5-10-18-8-3-4-9-18)15-12-17(2)11-7-16(15)13-19-16;2*1-13(5-4-9-16-7-2-3-8-16)14-11-17-10-6-15(14)12-18-15;1-12(2)6-5-7-13(3)14-10-16(4)9-8-15(14)11-17-15;2*1-11(2)5-4-6-12(3)13-9-15-8-7-14(13)10-16-14/h14-15H,3-13H2,1-2H3;13-14H,2-12H2,1H3;2-12H2,1H3;6,13-14H,5,7-11H2,1-4H3;5,12-13H,4,6-10H2,1-3H3;5H,4,6-10H2,1-3H3/b;;14-13+;;;13-12+/t14?,15-,16+;13?,14-,15+;15-;13?,14-,15+;12?,13-,14+;14-/m110110/s1. The van der Waals surface area contributed by atoms with Crippen LogP contribution in [-0.2, 0) is 47.4 Å². The highest BCUT2D eigenvalue weighted by atomic mass is 16.6. The molecule has 15 nitrogen and oxygen atoms in total. The van der Waals surface area contributed by atoms with Crippen molar-refractivity contribution in [1.82, 2.24) is 24.5 Å². The summed E-state index contributed by atoms with van der Waals surface area (Å²) in [6.45, 7) is 56.6. The van der Waals surface area contributed by atoms with Crippen LogP contribution in [0.15, 0.2) is 57.2 Å². The molecule has 0 amide bonds. The number of hydrogen-bond donors (Lipinski definition) is 0. The van der Waals surface area contributed by atoms with Gasteiger partial charge in [0.05, 0.1) is 102 Å². The van der Waals surface area contributed by atoms with Crippen molar-refractivity contribution in [3.05, 3.63) is 57.2 Å². The maximum absolute atomic E-state index is 5.86. The average molecular weight is 1460 g/mol. The predicted molar refractivity (Wildman–Crippen MR) is 425 cm³/mol. The van der Waals surface area contributed by atoms with E-state index in [0.717, 1.165) is 161 Å². The van der Waals surface area contributed by atoms with Gasteiger partial charge >= 0.3 is 0 Å². The van der Waals surface area contributed by atoms with Gasteiger partial charge < -0.3 is 71.9 Å². The maximum Gasteiger partial charge on any atom is 0.117 e. The van der Waals surface area contributed by atoms with Gasteiger partial charge in [-0.2, -0.15) is 0 Å². The van der Waals surface area contributed by atoms with E-state index in [4.69, 9.17) is 47.4 Å². The Kier molecular flexibility index (Phi) is 32.9. The van der Waals surface area contributed by atoms with Gasteiger partial charge in [0.25, 0.3) is 0 Å². The Labute approximate surface area is 635 Å². The zero-order chi connectivity index (χ0) is 73.8. The zero-order valence-electron chi connectivity index (χ0n) is 69.2. The summed E-state index contributed by atoms with van der Waals surface area (Å²) in [5.41, 5.74) is 11.3. The third kappa shape index (κ3) is 25.3. The first kappa shape index (κ1) is 84.5. The van der Waals surface area contributed by atoms with Gasteiger partial charge in [-0.1, -0.05) is 73.8 Å². The highest BCUT2D eigenvalue weighted by molar-refractivity contribution is 5.31. The highest BCUT2D eigenvalue weighted by Gasteiger charge is 2.58. The maximum atomic E-state index is 5.86.